The first-order chi connectivity index (χ1) is 11.9. The maximum atomic E-state index is 13.2. The number of hydrogen-bond donors (Lipinski definition) is 2. The van der Waals surface area contributed by atoms with Crippen molar-refractivity contribution < 1.29 is 23.5 Å². The van der Waals surface area contributed by atoms with E-state index in [1.54, 1.807) is 25.8 Å². The largest absolute Gasteiger partial charge is 0.444 e. The highest BCUT2D eigenvalue weighted by Crippen LogP contribution is 2.10. The maximum Gasteiger partial charge on any atom is 0.408 e. The van der Waals surface area contributed by atoms with Gasteiger partial charge in [0.1, 0.15) is 11.6 Å². The fourth-order valence-corrected chi connectivity index (χ4v) is 1.95. The lowest BCUT2D eigenvalue weighted by molar-refractivity contribution is -0.150. The van der Waals surface area contributed by atoms with E-state index >= 15 is 0 Å². The van der Waals surface area contributed by atoms with Gasteiger partial charge in [-0.3, -0.25) is 14.3 Å². The Morgan fingerprint density at radius 3 is 2.46 bits per heavy atom. The minimum atomic E-state index is -1.19. The molecule has 0 aliphatic rings. The van der Waals surface area contributed by atoms with E-state index in [-0.39, 0.29) is 12.3 Å². The summed E-state index contributed by atoms with van der Waals surface area (Å²) in [5.41, 5.74) is -2.83. The minimum Gasteiger partial charge on any atom is -0.444 e. The number of halogens is 1. The van der Waals surface area contributed by atoms with Gasteiger partial charge in [-0.2, -0.15) is 4.39 Å². The molecule has 0 aliphatic heterocycles. The van der Waals surface area contributed by atoms with E-state index in [2.05, 4.69) is 5.32 Å². The number of nitrogens with one attached hydrogen (secondary N) is 2. The van der Waals surface area contributed by atoms with E-state index in [9.17, 15) is 23.6 Å². The van der Waals surface area contributed by atoms with Crippen LogP contribution in [0.15, 0.2) is 15.8 Å². The van der Waals surface area contributed by atoms with Gasteiger partial charge in [0.15, 0.2) is 6.73 Å². The van der Waals surface area contributed by atoms with Crippen LogP contribution in [0.4, 0.5) is 9.18 Å². The molecule has 1 aromatic heterocycles. The van der Waals surface area contributed by atoms with Gasteiger partial charge < -0.3 is 14.8 Å². The van der Waals surface area contributed by atoms with Crippen LogP contribution in [-0.2, 0) is 21.0 Å². The molecule has 0 aromatic carbocycles. The molecule has 1 aromatic rings. The van der Waals surface area contributed by atoms with E-state index in [1.807, 2.05) is 13.8 Å². The van der Waals surface area contributed by atoms with Crippen molar-refractivity contribution in [1.82, 2.24) is 14.9 Å². The Balaban J connectivity index is 2.80. The zero-order chi connectivity index (χ0) is 20.1. The van der Waals surface area contributed by atoms with E-state index in [0.717, 1.165) is 0 Å². The predicted octanol–water partition coefficient (Wildman–Crippen LogP) is 1.12. The van der Waals surface area contributed by atoms with Gasteiger partial charge in [-0.05, 0) is 33.1 Å². The molecule has 0 saturated heterocycles. The fraction of sp³-hybridized carbons (Fsp3) is 0.625. The third-order valence-corrected chi connectivity index (χ3v) is 3.00. The molecule has 0 fully saturated rings. The molecule has 9 nitrogen and oxygen atoms in total. The molecule has 1 heterocycles. The van der Waals surface area contributed by atoms with Gasteiger partial charge in [-0.25, -0.2) is 14.4 Å². The molecule has 1 unspecified atom stereocenters. The lowest BCUT2D eigenvalue weighted by Crippen LogP contribution is -2.45. The van der Waals surface area contributed by atoms with Crippen molar-refractivity contribution in [3.63, 3.8) is 0 Å². The molecule has 0 saturated carbocycles. The van der Waals surface area contributed by atoms with E-state index in [4.69, 9.17) is 9.47 Å². The molecule has 0 spiro atoms. The highest BCUT2D eigenvalue weighted by Gasteiger charge is 2.26. The molecule has 26 heavy (non-hydrogen) atoms. The van der Waals surface area contributed by atoms with Gasteiger partial charge in [0.2, 0.25) is 5.82 Å². The molecule has 1 atom stereocenters. The quantitative estimate of drug-likeness (QED) is 0.721. The highest BCUT2D eigenvalue weighted by atomic mass is 19.1. The molecule has 1 amide bonds. The first-order valence-electron chi connectivity index (χ1n) is 8.04. The second-order valence-electron chi connectivity index (χ2n) is 7.13. The van der Waals surface area contributed by atoms with Gasteiger partial charge in [0.25, 0.3) is 5.56 Å². The Hall–Kier alpha value is -2.65. The summed E-state index contributed by atoms with van der Waals surface area (Å²) in [6.07, 6.45) is 0.118. The van der Waals surface area contributed by atoms with Crippen LogP contribution in [0, 0.1) is 11.7 Å². The van der Waals surface area contributed by atoms with Crippen molar-refractivity contribution in [2.24, 2.45) is 5.92 Å². The monoisotopic (exact) mass is 373 g/mol. The number of hydrogen-bond acceptors (Lipinski definition) is 6. The number of nitrogens with zero attached hydrogens (tertiary/aromatic N) is 1. The van der Waals surface area contributed by atoms with E-state index < -0.39 is 47.5 Å². The van der Waals surface area contributed by atoms with Gasteiger partial charge >= 0.3 is 17.8 Å². The second kappa shape index (κ2) is 8.63. The summed E-state index contributed by atoms with van der Waals surface area (Å²) in [6.45, 7) is 8.12. The lowest BCUT2D eigenvalue weighted by atomic mass is 10.0. The molecule has 0 aliphatic carbocycles. The van der Waals surface area contributed by atoms with Crippen LogP contribution in [0.1, 0.15) is 41.0 Å². The van der Waals surface area contributed by atoms with Crippen molar-refractivity contribution in [2.75, 3.05) is 0 Å². The van der Waals surface area contributed by atoms with Crippen LogP contribution < -0.4 is 16.6 Å². The zero-order valence-corrected chi connectivity index (χ0v) is 15.4. The molecule has 146 valence electrons. The Kier molecular flexibility index (Phi) is 7.10. The Morgan fingerprint density at radius 2 is 1.92 bits per heavy atom. The Labute approximate surface area is 149 Å². The van der Waals surface area contributed by atoms with Crippen LogP contribution in [-0.4, -0.2) is 33.3 Å². The lowest BCUT2D eigenvalue weighted by Gasteiger charge is -2.23. The average Bonchev–Trinajstić information content (AvgIpc) is 2.46. The first-order valence-corrected chi connectivity index (χ1v) is 8.04. The third-order valence-electron chi connectivity index (χ3n) is 3.00. The summed E-state index contributed by atoms with van der Waals surface area (Å²) >= 11 is 0. The van der Waals surface area contributed by atoms with Gasteiger partial charge in [0.05, 0.1) is 6.20 Å². The molecule has 1 rings (SSSR count). The number of aromatic amines is 1. The van der Waals surface area contributed by atoms with Gasteiger partial charge in [-0.15, -0.1) is 0 Å². The number of ether oxygens (including phenoxy) is 2. The number of rotatable bonds is 6. The summed E-state index contributed by atoms with van der Waals surface area (Å²) in [4.78, 5) is 48.4. The highest BCUT2D eigenvalue weighted by molar-refractivity contribution is 5.81. The van der Waals surface area contributed by atoms with Crippen molar-refractivity contribution in [2.45, 2.75) is 59.4 Å². The number of H-pyrrole nitrogens is 1. The Morgan fingerprint density at radius 1 is 1.31 bits per heavy atom. The number of carbonyl (C=O) groups excluding carboxylic acids is 2. The maximum absolute atomic E-state index is 13.2. The minimum absolute atomic E-state index is 0.0516. The van der Waals surface area contributed by atoms with Crippen molar-refractivity contribution in [1.29, 1.82) is 0 Å². The van der Waals surface area contributed by atoms with Crippen LogP contribution in [0.5, 0.6) is 0 Å². The van der Waals surface area contributed by atoms with Gasteiger partial charge in [0, 0.05) is 0 Å². The molecule has 10 heteroatoms. The average molecular weight is 373 g/mol. The van der Waals surface area contributed by atoms with E-state index in [1.165, 1.54) is 0 Å². The molecule has 2 N–H and O–H groups in total. The van der Waals surface area contributed by atoms with Crippen molar-refractivity contribution in [3.05, 3.63) is 32.9 Å². The molecule has 0 bridgehead atoms. The summed E-state index contributed by atoms with van der Waals surface area (Å²) < 4.78 is 24.0. The number of esters is 1. The number of carbonyl (C=O) groups is 2. The standard InChI is InChI=1S/C16H24FN3O6/c1-9(2)6-11(18-15(24)26-16(3,4)5)13(22)25-8-20-7-10(17)12(21)19-14(20)23/h7,9,11H,6,8H2,1-5H3,(H,18,24)(H,19,21,23). The van der Waals surface area contributed by atoms with Crippen LogP contribution in [0.3, 0.4) is 0 Å². The fourth-order valence-electron chi connectivity index (χ4n) is 1.95. The number of alkyl carbamates (subject to hydrolysis) is 1. The Bertz CT molecular complexity index is 762. The smallest absolute Gasteiger partial charge is 0.408 e. The first kappa shape index (κ1) is 21.4. The topological polar surface area (TPSA) is 119 Å². The van der Waals surface area contributed by atoms with Gasteiger partial charge in [-0.1, -0.05) is 13.8 Å². The van der Waals surface area contributed by atoms with Crippen LogP contribution in [0.2, 0.25) is 0 Å². The summed E-state index contributed by atoms with van der Waals surface area (Å²) in [5.74, 6) is -1.95. The van der Waals surface area contributed by atoms with Crippen LogP contribution >= 0.6 is 0 Å². The molecular formula is C16H24FN3O6. The molecular weight excluding hydrogens is 349 g/mol. The summed E-state index contributed by atoms with van der Waals surface area (Å²) in [5, 5.41) is 2.42. The predicted molar refractivity (Wildman–Crippen MR) is 90.0 cm³/mol. The second-order valence-corrected chi connectivity index (χ2v) is 7.13. The number of amides is 1. The summed E-state index contributed by atoms with van der Waals surface area (Å²) in [7, 11) is 0. The summed E-state index contributed by atoms with van der Waals surface area (Å²) in [6, 6.07) is -1.01. The van der Waals surface area contributed by atoms with Crippen LogP contribution in [0.25, 0.3) is 0 Å². The van der Waals surface area contributed by atoms with E-state index in [0.29, 0.717) is 10.8 Å². The van der Waals surface area contributed by atoms with Crippen molar-refractivity contribution in [3.8, 4) is 0 Å². The molecule has 0 radical (unpaired) electrons. The SMILES string of the molecule is CC(C)CC(NC(=O)OC(C)(C)C)C(=O)OCn1cc(F)c(=O)[nH]c1=O. The zero-order valence-electron chi connectivity index (χ0n) is 15.4. The third kappa shape index (κ3) is 7.08. The van der Waals surface area contributed by atoms with Crippen molar-refractivity contribution >= 4 is 12.1 Å². The normalized spacial score (nSPS) is 12.6. The number of aromatic nitrogens is 2.